The van der Waals surface area contributed by atoms with Gasteiger partial charge in [0.15, 0.2) is 6.17 Å². The predicted molar refractivity (Wildman–Crippen MR) is 115 cm³/mol. The largest absolute Gasteiger partial charge is 0.362 e. The zero-order valence-corrected chi connectivity index (χ0v) is 19.0. The number of imide groups is 1. The molecule has 3 atom stereocenters. The summed E-state index contributed by atoms with van der Waals surface area (Å²) in [5.74, 6) is -4.24. The Morgan fingerprint density at radius 1 is 1.20 bits per heavy atom. The first-order valence-corrected chi connectivity index (χ1v) is 11.5. The number of azide groups is 1. The van der Waals surface area contributed by atoms with Gasteiger partial charge in [-0.25, -0.2) is 9.10 Å². The summed E-state index contributed by atoms with van der Waals surface area (Å²) in [5.41, 5.74) is 8.89. The van der Waals surface area contributed by atoms with E-state index >= 15 is 0 Å². The summed E-state index contributed by atoms with van der Waals surface area (Å²) in [7, 11) is -5.06. The van der Waals surface area contributed by atoms with Crippen molar-refractivity contribution in [1.82, 2.24) is 24.7 Å². The highest BCUT2D eigenvalue weighted by molar-refractivity contribution is 7.84. The molecule has 0 bridgehead atoms. The summed E-state index contributed by atoms with van der Waals surface area (Å²) >= 11 is 0. The summed E-state index contributed by atoms with van der Waals surface area (Å²) in [4.78, 5) is 66.8. The van der Waals surface area contributed by atoms with Gasteiger partial charge in [-0.1, -0.05) is 35.4 Å². The van der Waals surface area contributed by atoms with Crippen LogP contribution in [0.5, 0.6) is 0 Å². The van der Waals surface area contributed by atoms with Crippen LogP contribution in [0.1, 0.15) is 18.5 Å². The van der Waals surface area contributed by atoms with Crippen LogP contribution in [-0.4, -0.2) is 88.6 Å². The third-order valence-electron chi connectivity index (χ3n) is 5.34. The highest BCUT2D eigenvalue weighted by Gasteiger charge is 2.54. The second-order valence-electron chi connectivity index (χ2n) is 7.35. The zero-order valence-electron chi connectivity index (χ0n) is 18.1. The standard InChI is InChI=1S/C18H20N8O8S/c1-2-24-8-9-25(17(30)16(24)29)18(31)21-11(10-6-4-3-5-7-10)14(27)20-12-13(22-23-19)26(15(12)28)35(32,33)34/h3-7,11-13H,2,8-9H2,1H3,(H,20,27)(H,21,31)(H,32,33,34)/t11-,12+,13-/m1/s1. The molecule has 0 aliphatic carbocycles. The van der Waals surface area contributed by atoms with Crippen molar-refractivity contribution in [3.63, 3.8) is 0 Å². The fraction of sp³-hybridized carbons (Fsp3) is 0.389. The van der Waals surface area contributed by atoms with Crippen molar-refractivity contribution in [2.24, 2.45) is 5.11 Å². The Morgan fingerprint density at radius 2 is 1.86 bits per heavy atom. The molecule has 3 N–H and O–H groups in total. The van der Waals surface area contributed by atoms with Crippen LogP contribution in [0.25, 0.3) is 10.4 Å². The van der Waals surface area contributed by atoms with Gasteiger partial charge in [0.25, 0.3) is 5.91 Å². The molecule has 2 heterocycles. The summed E-state index contributed by atoms with van der Waals surface area (Å²) in [6.45, 7) is 1.94. The molecule has 2 aliphatic heterocycles. The molecule has 0 unspecified atom stereocenters. The number of hydrogen-bond acceptors (Lipinski definition) is 8. The molecule has 6 amide bonds. The highest BCUT2D eigenvalue weighted by Crippen LogP contribution is 2.26. The normalized spacial score (nSPS) is 21.1. The molecular formula is C18H20N8O8S. The van der Waals surface area contributed by atoms with E-state index in [1.54, 1.807) is 25.1 Å². The maximum atomic E-state index is 13.0. The van der Waals surface area contributed by atoms with E-state index in [4.69, 9.17) is 10.1 Å². The Balaban J connectivity index is 1.82. The van der Waals surface area contributed by atoms with Crippen molar-refractivity contribution in [1.29, 1.82) is 0 Å². The first kappa shape index (κ1) is 25.4. The van der Waals surface area contributed by atoms with Crippen LogP contribution < -0.4 is 10.6 Å². The molecule has 2 fully saturated rings. The molecule has 0 aromatic heterocycles. The average molecular weight is 508 g/mol. The van der Waals surface area contributed by atoms with Gasteiger partial charge < -0.3 is 15.5 Å². The van der Waals surface area contributed by atoms with E-state index in [0.29, 0.717) is 4.90 Å². The van der Waals surface area contributed by atoms with Crippen LogP contribution in [0.4, 0.5) is 4.79 Å². The second kappa shape index (κ2) is 9.96. The van der Waals surface area contributed by atoms with Crippen molar-refractivity contribution < 1.29 is 36.9 Å². The van der Waals surface area contributed by atoms with Gasteiger partial charge in [-0.05, 0) is 18.0 Å². The number of amides is 6. The van der Waals surface area contributed by atoms with E-state index in [0.717, 1.165) is 0 Å². The molecule has 0 spiro atoms. The van der Waals surface area contributed by atoms with Gasteiger partial charge in [0.1, 0.15) is 12.1 Å². The third kappa shape index (κ3) is 5.01. The van der Waals surface area contributed by atoms with Gasteiger partial charge in [-0.3, -0.25) is 28.6 Å². The van der Waals surface area contributed by atoms with Crippen molar-refractivity contribution in [3.8, 4) is 0 Å². The monoisotopic (exact) mass is 508 g/mol. The molecule has 1 aromatic rings. The first-order valence-electron chi connectivity index (χ1n) is 10.1. The van der Waals surface area contributed by atoms with Crippen molar-refractivity contribution in [2.75, 3.05) is 19.6 Å². The van der Waals surface area contributed by atoms with Gasteiger partial charge in [0, 0.05) is 24.5 Å². The number of urea groups is 1. The topological polar surface area (TPSA) is 222 Å². The van der Waals surface area contributed by atoms with Crippen LogP contribution in [0.15, 0.2) is 35.4 Å². The van der Waals surface area contributed by atoms with Crippen LogP contribution in [0, 0.1) is 0 Å². The van der Waals surface area contributed by atoms with Crippen LogP contribution in [0.2, 0.25) is 0 Å². The van der Waals surface area contributed by atoms with E-state index in [1.165, 1.54) is 17.0 Å². The number of likely N-dealkylation sites (N-methyl/N-ethyl adjacent to an activating group) is 1. The molecule has 35 heavy (non-hydrogen) atoms. The molecule has 186 valence electrons. The molecule has 2 aliphatic rings. The van der Waals surface area contributed by atoms with Gasteiger partial charge in [-0.15, -0.1) is 0 Å². The maximum Gasteiger partial charge on any atom is 0.362 e. The van der Waals surface area contributed by atoms with Crippen LogP contribution in [0.3, 0.4) is 0 Å². The Morgan fingerprint density at radius 3 is 2.43 bits per heavy atom. The number of carbonyl (C=O) groups excluding carboxylic acids is 5. The Kier molecular flexibility index (Phi) is 7.23. The van der Waals surface area contributed by atoms with Gasteiger partial charge in [0.2, 0.25) is 5.91 Å². The van der Waals surface area contributed by atoms with E-state index in [-0.39, 0.29) is 29.5 Å². The molecule has 0 saturated carbocycles. The lowest BCUT2D eigenvalue weighted by Crippen LogP contribution is -2.71. The van der Waals surface area contributed by atoms with E-state index in [1.807, 2.05) is 0 Å². The molecule has 1 aromatic carbocycles. The second-order valence-corrected chi connectivity index (χ2v) is 8.64. The smallest absolute Gasteiger partial charge is 0.340 e. The predicted octanol–water partition coefficient (Wildman–Crippen LogP) is -1.11. The molecular weight excluding hydrogens is 488 g/mol. The summed E-state index contributed by atoms with van der Waals surface area (Å²) in [6, 6.07) is 3.46. The third-order valence-corrected chi connectivity index (χ3v) is 6.23. The summed E-state index contributed by atoms with van der Waals surface area (Å²) < 4.78 is 31.8. The van der Waals surface area contributed by atoms with Crippen LogP contribution >= 0.6 is 0 Å². The fourth-order valence-electron chi connectivity index (χ4n) is 3.55. The number of carbonyl (C=O) groups is 5. The van der Waals surface area contributed by atoms with E-state index < -0.39 is 58.2 Å². The Bertz CT molecular complexity index is 1220. The first-order chi connectivity index (χ1) is 16.5. The number of benzene rings is 1. The van der Waals surface area contributed by atoms with Gasteiger partial charge in [0.05, 0.1) is 0 Å². The number of hydrogen-bond donors (Lipinski definition) is 3. The van der Waals surface area contributed by atoms with Crippen molar-refractivity contribution in [3.05, 3.63) is 46.3 Å². The van der Waals surface area contributed by atoms with Crippen LogP contribution in [-0.2, 0) is 29.5 Å². The molecule has 17 heteroatoms. The minimum absolute atomic E-state index is 0.104. The molecule has 0 radical (unpaired) electrons. The van der Waals surface area contributed by atoms with Crippen molar-refractivity contribution >= 4 is 40.0 Å². The van der Waals surface area contributed by atoms with Gasteiger partial charge in [-0.2, -0.15) is 8.42 Å². The Hall–Kier alpha value is -4.21. The lowest BCUT2D eigenvalue weighted by Gasteiger charge is -2.41. The quantitative estimate of drug-likeness (QED) is 0.102. The lowest BCUT2D eigenvalue weighted by molar-refractivity contribution is -0.153. The SMILES string of the molecule is CCN1CCN(C(=O)N[C@@H](C(=O)N[C@@H]2C(=O)N(S(=O)(=O)O)[C@H]2N=[N+]=[N-])c2ccccc2)C(=O)C1=O. The number of piperazine rings is 1. The fourth-order valence-corrected chi connectivity index (χ4v) is 4.33. The highest BCUT2D eigenvalue weighted by atomic mass is 32.2. The Labute approximate surface area is 198 Å². The van der Waals surface area contributed by atoms with Gasteiger partial charge >= 0.3 is 28.1 Å². The minimum atomic E-state index is -5.06. The summed E-state index contributed by atoms with van der Waals surface area (Å²) in [6.07, 6.45) is -1.78. The molecule has 16 nitrogen and oxygen atoms in total. The molecule has 2 saturated heterocycles. The summed E-state index contributed by atoms with van der Waals surface area (Å²) in [5, 5.41) is 7.62. The average Bonchev–Trinajstić information content (AvgIpc) is 2.81. The number of nitrogens with zero attached hydrogens (tertiary/aromatic N) is 6. The van der Waals surface area contributed by atoms with E-state index in [2.05, 4.69) is 20.7 Å². The zero-order chi connectivity index (χ0) is 25.9. The molecule has 3 rings (SSSR count). The minimum Gasteiger partial charge on any atom is -0.340 e. The number of nitrogens with one attached hydrogen (secondary N) is 2. The van der Waals surface area contributed by atoms with Crippen molar-refractivity contribution in [2.45, 2.75) is 25.2 Å². The number of β-lactam (4-membered cyclic amide) rings is 1. The van der Waals surface area contributed by atoms with E-state index in [9.17, 15) is 32.4 Å². The number of rotatable bonds is 7. The lowest BCUT2D eigenvalue weighted by atomic mass is 10.0. The maximum absolute atomic E-state index is 13.0.